The number of nitrogens with zero attached hydrogens (tertiary/aromatic N) is 1. The Morgan fingerprint density at radius 2 is 1.74 bits per heavy atom. The van der Waals surface area contributed by atoms with Crippen molar-refractivity contribution >= 4 is 28.4 Å². The predicted molar refractivity (Wildman–Crippen MR) is 89.4 cm³/mol. The van der Waals surface area contributed by atoms with Crippen molar-refractivity contribution in [2.45, 2.75) is 6.92 Å². The summed E-state index contributed by atoms with van der Waals surface area (Å²) in [6, 6.07) is 15.7. The van der Waals surface area contributed by atoms with E-state index in [1.54, 1.807) is 30.3 Å². The topological polar surface area (TPSA) is 85.1 Å². The number of aromatic nitrogens is 1. The van der Waals surface area contributed by atoms with Crippen LogP contribution in [-0.4, -0.2) is 16.8 Å². The number of fused-ring (bicyclic) bond motifs is 1. The van der Waals surface area contributed by atoms with Crippen molar-refractivity contribution in [1.29, 1.82) is 0 Å². The van der Waals surface area contributed by atoms with Gasteiger partial charge < -0.3 is 11.1 Å². The molecule has 0 spiro atoms. The molecule has 1 heterocycles. The first-order valence-corrected chi connectivity index (χ1v) is 7.12. The Morgan fingerprint density at radius 1 is 1.04 bits per heavy atom. The van der Waals surface area contributed by atoms with E-state index in [4.69, 9.17) is 5.73 Å². The lowest BCUT2D eigenvalue weighted by atomic mass is 10.1. The molecule has 2 aromatic carbocycles. The molecule has 0 aliphatic carbocycles. The van der Waals surface area contributed by atoms with Crippen LogP contribution in [0.4, 0.5) is 5.69 Å². The van der Waals surface area contributed by atoms with E-state index in [9.17, 15) is 9.59 Å². The number of pyridine rings is 1. The molecule has 0 fully saturated rings. The maximum absolute atomic E-state index is 12.6. The van der Waals surface area contributed by atoms with E-state index in [0.717, 1.165) is 16.6 Å². The van der Waals surface area contributed by atoms with Crippen molar-refractivity contribution in [3.63, 3.8) is 0 Å². The Bertz CT molecular complexity index is 902. The first kappa shape index (κ1) is 14.7. The standard InChI is InChI=1S/C18H15N3O2/c1-11-10-15(14-4-2-3-5-16(14)20-11)18(23)21-13-8-6-12(7-9-13)17(19)22/h2-10H,1H3,(H2,19,22)(H,21,23). The highest BCUT2D eigenvalue weighted by atomic mass is 16.2. The molecule has 3 N–H and O–H groups in total. The molecule has 1 aromatic heterocycles. The fourth-order valence-corrected chi connectivity index (χ4v) is 2.41. The average molecular weight is 305 g/mol. The Morgan fingerprint density at radius 3 is 2.43 bits per heavy atom. The Balaban J connectivity index is 1.93. The number of nitrogens with one attached hydrogen (secondary N) is 1. The molecule has 3 aromatic rings. The normalized spacial score (nSPS) is 10.5. The minimum Gasteiger partial charge on any atom is -0.366 e. The van der Waals surface area contributed by atoms with E-state index in [0.29, 0.717) is 16.8 Å². The fraction of sp³-hybridized carbons (Fsp3) is 0.0556. The van der Waals surface area contributed by atoms with Crippen molar-refractivity contribution in [1.82, 2.24) is 4.98 Å². The molecule has 0 saturated heterocycles. The van der Waals surface area contributed by atoms with Crippen LogP contribution in [0, 0.1) is 6.92 Å². The van der Waals surface area contributed by atoms with Gasteiger partial charge in [-0.25, -0.2) is 0 Å². The van der Waals surface area contributed by atoms with Crippen molar-refractivity contribution < 1.29 is 9.59 Å². The van der Waals surface area contributed by atoms with Crippen LogP contribution in [0.1, 0.15) is 26.4 Å². The number of carbonyl (C=O) groups excluding carboxylic acids is 2. The van der Waals surface area contributed by atoms with E-state index in [1.807, 2.05) is 31.2 Å². The van der Waals surface area contributed by atoms with Crippen molar-refractivity contribution in [2.75, 3.05) is 5.32 Å². The minimum absolute atomic E-state index is 0.224. The number of rotatable bonds is 3. The molecule has 5 heteroatoms. The van der Waals surface area contributed by atoms with Crippen LogP contribution in [0.15, 0.2) is 54.6 Å². The van der Waals surface area contributed by atoms with Crippen LogP contribution in [-0.2, 0) is 0 Å². The first-order chi connectivity index (χ1) is 11.0. The molecule has 5 nitrogen and oxygen atoms in total. The molecule has 3 rings (SSSR count). The van der Waals surface area contributed by atoms with Crippen LogP contribution in [0.2, 0.25) is 0 Å². The van der Waals surface area contributed by atoms with Gasteiger partial charge in [-0.05, 0) is 43.3 Å². The summed E-state index contributed by atoms with van der Waals surface area (Å²) in [5.41, 5.74) is 8.31. The van der Waals surface area contributed by atoms with Crippen molar-refractivity contribution in [2.24, 2.45) is 5.73 Å². The van der Waals surface area contributed by atoms with Gasteiger partial charge in [0.2, 0.25) is 5.91 Å². The number of hydrogen-bond donors (Lipinski definition) is 2. The highest BCUT2D eigenvalue weighted by Crippen LogP contribution is 2.20. The molecule has 0 aliphatic heterocycles. The zero-order chi connectivity index (χ0) is 16.4. The molecule has 0 unspecified atom stereocenters. The summed E-state index contributed by atoms with van der Waals surface area (Å²) < 4.78 is 0. The van der Waals surface area contributed by atoms with Gasteiger partial charge in [-0.1, -0.05) is 18.2 Å². The lowest BCUT2D eigenvalue weighted by molar-refractivity contribution is 0.0998. The molecule has 0 saturated carbocycles. The molecule has 0 aliphatic rings. The first-order valence-electron chi connectivity index (χ1n) is 7.12. The van der Waals surface area contributed by atoms with Crippen molar-refractivity contribution in [3.05, 3.63) is 71.4 Å². The average Bonchev–Trinajstić information content (AvgIpc) is 2.54. The fourth-order valence-electron chi connectivity index (χ4n) is 2.41. The SMILES string of the molecule is Cc1cc(C(=O)Nc2ccc(C(N)=O)cc2)c2ccccc2n1. The number of anilines is 1. The highest BCUT2D eigenvalue weighted by Gasteiger charge is 2.12. The molecule has 0 atom stereocenters. The van der Waals surface area contributed by atoms with E-state index >= 15 is 0 Å². The Labute approximate surface area is 133 Å². The number of amides is 2. The van der Waals surface area contributed by atoms with Gasteiger partial charge in [-0.15, -0.1) is 0 Å². The number of nitrogens with two attached hydrogens (primary N) is 1. The van der Waals surface area contributed by atoms with Gasteiger partial charge in [0.25, 0.3) is 5.91 Å². The largest absolute Gasteiger partial charge is 0.366 e. The monoisotopic (exact) mass is 305 g/mol. The molecular weight excluding hydrogens is 290 g/mol. The van der Waals surface area contributed by atoms with E-state index in [-0.39, 0.29) is 5.91 Å². The maximum Gasteiger partial charge on any atom is 0.256 e. The highest BCUT2D eigenvalue weighted by molar-refractivity contribution is 6.12. The van der Waals surface area contributed by atoms with Gasteiger partial charge in [-0.2, -0.15) is 0 Å². The van der Waals surface area contributed by atoms with E-state index < -0.39 is 5.91 Å². The summed E-state index contributed by atoms with van der Waals surface area (Å²) in [7, 11) is 0. The summed E-state index contributed by atoms with van der Waals surface area (Å²) in [4.78, 5) is 28.1. The smallest absolute Gasteiger partial charge is 0.256 e. The Hall–Kier alpha value is -3.21. The van der Waals surface area contributed by atoms with Gasteiger partial charge in [0.15, 0.2) is 0 Å². The summed E-state index contributed by atoms with van der Waals surface area (Å²) >= 11 is 0. The van der Waals surface area contributed by atoms with Gasteiger partial charge in [0.05, 0.1) is 11.1 Å². The number of carbonyl (C=O) groups is 2. The lowest BCUT2D eigenvalue weighted by Crippen LogP contribution is -2.14. The van der Waals surface area contributed by atoms with E-state index in [1.165, 1.54) is 0 Å². The third-order valence-corrected chi connectivity index (χ3v) is 3.52. The minimum atomic E-state index is -0.501. The molecule has 2 amide bonds. The maximum atomic E-state index is 12.6. The zero-order valence-electron chi connectivity index (χ0n) is 12.5. The van der Waals surface area contributed by atoms with E-state index in [2.05, 4.69) is 10.3 Å². The summed E-state index contributed by atoms with van der Waals surface area (Å²) in [6.45, 7) is 1.85. The Kier molecular flexibility index (Phi) is 3.76. The lowest BCUT2D eigenvalue weighted by Gasteiger charge is -2.09. The van der Waals surface area contributed by atoms with Gasteiger partial charge in [0.1, 0.15) is 0 Å². The number of primary amides is 1. The van der Waals surface area contributed by atoms with Crippen LogP contribution in [0.3, 0.4) is 0 Å². The zero-order valence-corrected chi connectivity index (χ0v) is 12.5. The summed E-state index contributed by atoms with van der Waals surface area (Å²) in [6.07, 6.45) is 0. The number of para-hydroxylation sites is 1. The van der Waals surface area contributed by atoms with Crippen LogP contribution >= 0.6 is 0 Å². The number of benzene rings is 2. The molecule has 114 valence electrons. The molecular formula is C18H15N3O2. The van der Waals surface area contributed by atoms with Crippen LogP contribution in [0.5, 0.6) is 0 Å². The number of aryl methyl sites for hydroxylation is 1. The number of hydrogen-bond acceptors (Lipinski definition) is 3. The van der Waals surface area contributed by atoms with Crippen molar-refractivity contribution in [3.8, 4) is 0 Å². The second-order valence-corrected chi connectivity index (χ2v) is 5.22. The van der Waals surface area contributed by atoms with Crippen LogP contribution in [0.25, 0.3) is 10.9 Å². The van der Waals surface area contributed by atoms with Crippen LogP contribution < -0.4 is 11.1 Å². The molecule has 23 heavy (non-hydrogen) atoms. The van der Waals surface area contributed by atoms with Gasteiger partial charge >= 0.3 is 0 Å². The molecule has 0 bridgehead atoms. The molecule has 0 radical (unpaired) electrons. The summed E-state index contributed by atoms with van der Waals surface area (Å²) in [5.74, 6) is -0.725. The van der Waals surface area contributed by atoms with Gasteiger partial charge in [0, 0.05) is 22.3 Å². The quantitative estimate of drug-likeness (QED) is 0.780. The second kappa shape index (κ2) is 5.88. The predicted octanol–water partition coefficient (Wildman–Crippen LogP) is 2.89. The van der Waals surface area contributed by atoms with Gasteiger partial charge in [-0.3, -0.25) is 14.6 Å². The third kappa shape index (κ3) is 3.03. The summed E-state index contributed by atoms with van der Waals surface area (Å²) in [5, 5.41) is 3.62. The second-order valence-electron chi connectivity index (χ2n) is 5.22. The third-order valence-electron chi connectivity index (χ3n) is 3.52.